The van der Waals surface area contributed by atoms with Gasteiger partial charge in [0, 0.05) is 31.9 Å². The Morgan fingerprint density at radius 3 is 3.00 bits per heavy atom. The third kappa shape index (κ3) is 4.56. The molecule has 0 unspecified atom stereocenters. The molecule has 0 radical (unpaired) electrons. The van der Waals surface area contributed by atoms with Crippen LogP contribution in [0.15, 0.2) is 12.3 Å². The van der Waals surface area contributed by atoms with Crippen LogP contribution >= 0.6 is 0 Å². The van der Waals surface area contributed by atoms with Crippen LogP contribution in [-0.2, 0) is 18.3 Å². The quantitative estimate of drug-likeness (QED) is 0.730. The number of nitrogens with zero attached hydrogens (tertiary/aromatic N) is 2. The van der Waals surface area contributed by atoms with Crippen molar-refractivity contribution in [3.05, 3.63) is 18.0 Å². The van der Waals surface area contributed by atoms with E-state index in [2.05, 4.69) is 17.3 Å². The third-order valence-electron chi connectivity index (χ3n) is 2.81. The second-order valence-corrected chi connectivity index (χ2v) is 4.24. The van der Waals surface area contributed by atoms with Gasteiger partial charge in [-0.25, -0.2) is 0 Å². The van der Waals surface area contributed by atoms with Gasteiger partial charge in [-0.1, -0.05) is 19.8 Å². The normalized spacial score (nSPS) is 12.4. The molecule has 0 saturated carbocycles. The number of aryl methyl sites for hydroxylation is 1. The van der Waals surface area contributed by atoms with E-state index in [9.17, 15) is 4.79 Å². The zero-order valence-corrected chi connectivity index (χ0v) is 10.6. The largest absolute Gasteiger partial charge is 0.354 e. The Balaban J connectivity index is 2.22. The minimum Gasteiger partial charge on any atom is -0.354 e. The first-order valence-electron chi connectivity index (χ1n) is 6.15. The number of nitrogens with one attached hydrogen (secondary N) is 1. The molecule has 0 saturated heterocycles. The summed E-state index contributed by atoms with van der Waals surface area (Å²) in [6, 6.07) is 1.57. The third-order valence-corrected chi connectivity index (χ3v) is 2.81. The zero-order valence-electron chi connectivity index (χ0n) is 10.6. The first-order chi connectivity index (χ1) is 8.15. The van der Waals surface area contributed by atoms with Gasteiger partial charge in [-0.3, -0.25) is 9.48 Å². The highest BCUT2D eigenvalue weighted by atomic mass is 16.2. The van der Waals surface area contributed by atoms with E-state index in [0.717, 1.165) is 31.4 Å². The molecule has 0 spiro atoms. The first-order valence-corrected chi connectivity index (χ1v) is 6.15. The SMILES string of the molecule is CCCC[C@H](N)C(=O)NCCc1ccnn1C. The maximum Gasteiger partial charge on any atom is 0.236 e. The Morgan fingerprint density at radius 1 is 1.65 bits per heavy atom. The molecule has 0 aliphatic carbocycles. The number of hydrogen-bond donors (Lipinski definition) is 2. The summed E-state index contributed by atoms with van der Waals surface area (Å²) in [5.41, 5.74) is 6.87. The van der Waals surface area contributed by atoms with Gasteiger partial charge in [-0.05, 0) is 12.5 Å². The molecule has 1 atom stereocenters. The van der Waals surface area contributed by atoms with E-state index in [0.29, 0.717) is 6.54 Å². The highest BCUT2D eigenvalue weighted by Gasteiger charge is 2.11. The second-order valence-electron chi connectivity index (χ2n) is 4.24. The van der Waals surface area contributed by atoms with Gasteiger partial charge in [0.1, 0.15) is 0 Å². The van der Waals surface area contributed by atoms with Crippen molar-refractivity contribution >= 4 is 5.91 Å². The van der Waals surface area contributed by atoms with Crippen LogP contribution in [-0.4, -0.2) is 28.3 Å². The van der Waals surface area contributed by atoms with E-state index >= 15 is 0 Å². The van der Waals surface area contributed by atoms with Crippen LogP contribution < -0.4 is 11.1 Å². The van der Waals surface area contributed by atoms with Gasteiger partial charge < -0.3 is 11.1 Å². The summed E-state index contributed by atoms with van der Waals surface area (Å²) in [7, 11) is 1.89. The fourth-order valence-corrected chi connectivity index (χ4v) is 1.65. The smallest absolute Gasteiger partial charge is 0.236 e. The van der Waals surface area contributed by atoms with Crippen LogP contribution in [0.1, 0.15) is 31.9 Å². The number of nitrogens with two attached hydrogens (primary N) is 1. The number of aromatic nitrogens is 2. The van der Waals surface area contributed by atoms with E-state index in [-0.39, 0.29) is 11.9 Å². The average molecular weight is 238 g/mol. The van der Waals surface area contributed by atoms with Crippen LogP contribution in [0.5, 0.6) is 0 Å². The molecule has 1 heterocycles. The van der Waals surface area contributed by atoms with Gasteiger partial charge in [-0.15, -0.1) is 0 Å². The predicted octanol–water partition coefficient (Wildman–Crippen LogP) is 0.596. The molecule has 0 aliphatic heterocycles. The summed E-state index contributed by atoms with van der Waals surface area (Å²) in [4.78, 5) is 11.6. The number of hydrogen-bond acceptors (Lipinski definition) is 3. The molecular formula is C12H22N4O. The van der Waals surface area contributed by atoms with Crippen molar-refractivity contribution in [2.75, 3.05) is 6.54 Å². The molecule has 0 aliphatic rings. The average Bonchev–Trinajstić information content (AvgIpc) is 2.72. The lowest BCUT2D eigenvalue weighted by Crippen LogP contribution is -2.41. The van der Waals surface area contributed by atoms with Crippen LogP contribution in [0.3, 0.4) is 0 Å². The van der Waals surface area contributed by atoms with Crippen molar-refractivity contribution in [2.45, 2.75) is 38.6 Å². The summed E-state index contributed by atoms with van der Waals surface area (Å²) in [6.07, 6.45) is 5.35. The number of amides is 1. The molecule has 1 aromatic heterocycles. The van der Waals surface area contributed by atoms with Crippen LogP contribution in [0.25, 0.3) is 0 Å². The standard InChI is InChI=1S/C12H22N4O/c1-3-4-5-11(13)12(17)14-8-6-10-7-9-15-16(10)2/h7,9,11H,3-6,8,13H2,1-2H3,(H,14,17)/t11-/m0/s1. The maximum absolute atomic E-state index is 11.6. The minimum atomic E-state index is -0.374. The highest BCUT2D eigenvalue weighted by Crippen LogP contribution is 1.99. The molecular weight excluding hydrogens is 216 g/mol. The van der Waals surface area contributed by atoms with Gasteiger partial charge >= 0.3 is 0 Å². The van der Waals surface area contributed by atoms with Crippen LogP contribution in [0.2, 0.25) is 0 Å². The van der Waals surface area contributed by atoms with Crippen molar-refractivity contribution in [1.82, 2.24) is 15.1 Å². The molecule has 1 rings (SSSR count). The highest BCUT2D eigenvalue weighted by molar-refractivity contribution is 5.81. The number of rotatable bonds is 7. The van der Waals surface area contributed by atoms with E-state index in [4.69, 9.17) is 5.73 Å². The van der Waals surface area contributed by atoms with Gasteiger partial charge in [0.05, 0.1) is 6.04 Å². The summed E-state index contributed by atoms with van der Waals surface area (Å²) in [6.45, 7) is 2.70. The lowest BCUT2D eigenvalue weighted by molar-refractivity contribution is -0.122. The summed E-state index contributed by atoms with van der Waals surface area (Å²) in [5, 5.41) is 6.92. The van der Waals surface area contributed by atoms with E-state index < -0.39 is 0 Å². The molecule has 17 heavy (non-hydrogen) atoms. The first kappa shape index (κ1) is 13.7. The Labute approximate surface area is 102 Å². The van der Waals surface area contributed by atoms with Crippen LogP contribution in [0.4, 0.5) is 0 Å². The Bertz CT molecular complexity index is 348. The second kappa shape index (κ2) is 7.06. The van der Waals surface area contributed by atoms with Crippen molar-refractivity contribution in [3.63, 3.8) is 0 Å². The van der Waals surface area contributed by atoms with Gasteiger partial charge in [0.15, 0.2) is 0 Å². The fourth-order valence-electron chi connectivity index (χ4n) is 1.65. The van der Waals surface area contributed by atoms with Crippen molar-refractivity contribution in [3.8, 4) is 0 Å². The molecule has 0 aromatic carbocycles. The van der Waals surface area contributed by atoms with E-state index in [1.165, 1.54) is 0 Å². The minimum absolute atomic E-state index is 0.0550. The molecule has 1 amide bonds. The number of carbonyl (C=O) groups excluding carboxylic acids is 1. The predicted molar refractivity (Wildman–Crippen MR) is 67.4 cm³/mol. The Hall–Kier alpha value is -1.36. The molecule has 5 heteroatoms. The molecule has 96 valence electrons. The lowest BCUT2D eigenvalue weighted by atomic mass is 10.1. The van der Waals surface area contributed by atoms with Gasteiger partial charge in [0.2, 0.25) is 5.91 Å². The van der Waals surface area contributed by atoms with Gasteiger partial charge in [0.25, 0.3) is 0 Å². The number of unbranched alkanes of at least 4 members (excludes halogenated alkanes) is 1. The Kier molecular flexibility index (Phi) is 5.69. The monoisotopic (exact) mass is 238 g/mol. The molecule has 0 bridgehead atoms. The molecule has 5 nitrogen and oxygen atoms in total. The van der Waals surface area contributed by atoms with E-state index in [1.807, 2.05) is 17.8 Å². The zero-order chi connectivity index (χ0) is 12.7. The summed E-state index contributed by atoms with van der Waals surface area (Å²) < 4.78 is 1.81. The fraction of sp³-hybridized carbons (Fsp3) is 0.667. The van der Waals surface area contributed by atoms with Crippen molar-refractivity contribution in [2.24, 2.45) is 12.8 Å². The molecule has 1 aromatic rings. The van der Waals surface area contributed by atoms with E-state index in [1.54, 1.807) is 6.20 Å². The van der Waals surface area contributed by atoms with Gasteiger partial charge in [-0.2, -0.15) is 5.10 Å². The topological polar surface area (TPSA) is 72.9 Å². The molecule has 0 fully saturated rings. The van der Waals surface area contributed by atoms with Crippen molar-refractivity contribution in [1.29, 1.82) is 0 Å². The Morgan fingerprint density at radius 2 is 2.41 bits per heavy atom. The summed E-state index contributed by atoms with van der Waals surface area (Å²) in [5.74, 6) is -0.0550. The number of carbonyl (C=O) groups is 1. The van der Waals surface area contributed by atoms with Crippen molar-refractivity contribution < 1.29 is 4.79 Å². The van der Waals surface area contributed by atoms with Crippen LogP contribution in [0, 0.1) is 0 Å². The maximum atomic E-state index is 11.6. The lowest BCUT2D eigenvalue weighted by Gasteiger charge is -2.11. The summed E-state index contributed by atoms with van der Waals surface area (Å²) >= 11 is 0. The molecule has 3 N–H and O–H groups in total.